The van der Waals surface area contributed by atoms with Crippen molar-refractivity contribution < 1.29 is 4.79 Å². The number of amides is 1. The highest BCUT2D eigenvalue weighted by molar-refractivity contribution is 5.95. The third kappa shape index (κ3) is 2.93. The zero-order valence-corrected chi connectivity index (χ0v) is 13.4. The maximum atomic E-state index is 12.3. The van der Waals surface area contributed by atoms with E-state index in [4.69, 9.17) is 0 Å². The molecule has 1 aromatic carbocycles. The van der Waals surface area contributed by atoms with Crippen LogP contribution in [0.5, 0.6) is 0 Å². The zero-order valence-electron chi connectivity index (χ0n) is 13.4. The van der Waals surface area contributed by atoms with Crippen molar-refractivity contribution in [3.63, 3.8) is 0 Å². The number of rotatable bonds is 4. The fourth-order valence-electron chi connectivity index (χ4n) is 2.67. The van der Waals surface area contributed by atoms with Crippen LogP contribution in [-0.4, -0.2) is 26.7 Å². The Morgan fingerprint density at radius 1 is 1.21 bits per heavy atom. The Morgan fingerprint density at radius 3 is 2.83 bits per heavy atom. The topological polar surface area (TPSA) is 59.8 Å². The first-order valence-electron chi connectivity index (χ1n) is 8.09. The summed E-state index contributed by atoms with van der Waals surface area (Å²) in [5.74, 6) is -0.0334. The van der Waals surface area contributed by atoms with Crippen LogP contribution in [0.1, 0.15) is 28.8 Å². The summed E-state index contributed by atoms with van der Waals surface area (Å²) in [6, 6.07) is 12.0. The van der Waals surface area contributed by atoms with Gasteiger partial charge in [-0.15, -0.1) is 0 Å². The van der Waals surface area contributed by atoms with Gasteiger partial charge in [-0.1, -0.05) is 12.1 Å². The standard InChI is InChI=1S/C19H18N4O/c1-13-3-6-16(18(11-13)23-10-2-8-21-23)17-12-14(7-9-20-17)19(24)22-15-4-5-15/h2-3,6-12,15H,4-5H2,1H3,(H,22,24). The van der Waals surface area contributed by atoms with Gasteiger partial charge in [0.05, 0.1) is 11.4 Å². The molecule has 1 aliphatic carbocycles. The van der Waals surface area contributed by atoms with Gasteiger partial charge in [0, 0.05) is 35.8 Å². The summed E-state index contributed by atoms with van der Waals surface area (Å²) in [6.45, 7) is 2.05. The molecule has 1 saturated carbocycles. The molecule has 2 heterocycles. The second-order valence-electron chi connectivity index (χ2n) is 6.15. The Hall–Kier alpha value is -2.95. The van der Waals surface area contributed by atoms with Crippen LogP contribution >= 0.6 is 0 Å². The lowest BCUT2D eigenvalue weighted by Crippen LogP contribution is -2.25. The number of aryl methyl sites for hydroxylation is 1. The zero-order chi connectivity index (χ0) is 16.5. The Morgan fingerprint density at radius 2 is 2.08 bits per heavy atom. The van der Waals surface area contributed by atoms with Crippen molar-refractivity contribution in [3.05, 3.63) is 66.1 Å². The van der Waals surface area contributed by atoms with Gasteiger partial charge in [-0.2, -0.15) is 5.10 Å². The van der Waals surface area contributed by atoms with E-state index in [1.165, 1.54) is 0 Å². The number of hydrogen-bond acceptors (Lipinski definition) is 3. The van der Waals surface area contributed by atoms with E-state index in [0.717, 1.165) is 35.3 Å². The molecule has 24 heavy (non-hydrogen) atoms. The lowest BCUT2D eigenvalue weighted by Gasteiger charge is -2.11. The van der Waals surface area contributed by atoms with Crippen molar-refractivity contribution in [2.75, 3.05) is 0 Å². The fourth-order valence-corrected chi connectivity index (χ4v) is 2.67. The third-order valence-corrected chi connectivity index (χ3v) is 4.12. The molecular formula is C19H18N4O. The number of hydrogen-bond donors (Lipinski definition) is 1. The summed E-state index contributed by atoms with van der Waals surface area (Å²) in [5, 5.41) is 7.34. The molecule has 0 unspecified atom stereocenters. The van der Waals surface area contributed by atoms with Gasteiger partial charge in [0.25, 0.3) is 5.91 Å². The van der Waals surface area contributed by atoms with Gasteiger partial charge in [-0.05, 0) is 49.6 Å². The van der Waals surface area contributed by atoms with Gasteiger partial charge in [0.2, 0.25) is 0 Å². The van der Waals surface area contributed by atoms with E-state index in [1.54, 1.807) is 18.5 Å². The number of nitrogens with zero attached hydrogens (tertiary/aromatic N) is 3. The first-order valence-corrected chi connectivity index (χ1v) is 8.09. The first kappa shape index (κ1) is 14.6. The molecule has 1 fully saturated rings. The SMILES string of the molecule is Cc1ccc(-c2cc(C(=O)NC3CC3)ccn2)c(-n2cccn2)c1. The molecule has 0 atom stereocenters. The molecule has 1 N–H and O–H groups in total. The first-order chi connectivity index (χ1) is 11.7. The van der Waals surface area contributed by atoms with Crippen molar-refractivity contribution >= 4 is 5.91 Å². The van der Waals surface area contributed by atoms with Crippen LogP contribution in [0.15, 0.2) is 55.0 Å². The van der Waals surface area contributed by atoms with Crippen molar-refractivity contribution in [2.45, 2.75) is 25.8 Å². The summed E-state index contributed by atoms with van der Waals surface area (Å²) in [4.78, 5) is 16.8. The van der Waals surface area contributed by atoms with Gasteiger partial charge >= 0.3 is 0 Å². The van der Waals surface area contributed by atoms with Crippen molar-refractivity contribution in [3.8, 4) is 16.9 Å². The number of benzene rings is 1. The molecule has 5 heteroatoms. The van der Waals surface area contributed by atoms with E-state index in [0.29, 0.717) is 11.6 Å². The van der Waals surface area contributed by atoms with Crippen molar-refractivity contribution in [2.24, 2.45) is 0 Å². The van der Waals surface area contributed by atoms with Gasteiger partial charge in [0.15, 0.2) is 0 Å². The maximum Gasteiger partial charge on any atom is 0.251 e. The fraction of sp³-hybridized carbons (Fsp3) is 0.211. The molecule has 4 rings (SSSR count). The summed E-state index contributed by atoms with van der Waals surface area (Å²) < 4.78 is 1.82. The van der Waals surface area contributed by atoms with E-state index < -0.39 is 0 Å². The maximum absolute atomic E-state index is 12.3. The van der Waals surface area contributed by atoms with E-state index in [-0.39, 0.29) is 5.91 Å². The number of carbonyl (C=O) groups is 1. The van der Waals surface area contributed by atoms with E-state index >= 15 is 0 Å². The van der Waals surface area contributed by atoms with E-state index in [1.807, 2.05) is 42.1 Å². The molecule has 1 amide bonds. The second-order valence-corrected chi connectivity index (χ2v) is 6.15. The lowest BCUT2D eigenvalue weighted by atomic mass is 10.0. The Labute approximate surface area is 140 Å². The predicted molar refractivity (Wildman–Crippen MR) is 92.0 cm³/mol. The molecule has 3 aromatic rings. The van der Waals surface area contributed by atoms with Crippen LogP contribution in [0.2, 0.25) is 0 Å². The highest BCUT2D eigenvalue weighted by Gasteiger charge is 2.24. The molecular weight excluding hydrogens is 300 g/mol. The van der Waals surface area contributed by atoms with Crippen LogP contribution in [-0.2, 0) is 0 Å². The molecule has 0 saturated heterocycles. The van der Waals surface area contributed by atoms with Gasteiger partial charge in [0.1, 0.15) is 0 Å². The minimum Gasteiger partial charge on any atom is -0.349 e. The molecule has 2 aromatic heterocycles. The summed E-state index contributed by atoms with van der Waals surface area (Å²) in [5.41, 5.74) is 4.45. The Balaban J connectivity index is 1.75. The highest BCUT2D eigenvalue weighted by atomic mass is 16.1. The molecule has 0 spiro atoms. The summed E-state index contributed by atoms with van der Waals surface area (Å²) in [7, 11) is 0. The monoisotopic (exact) mass is 318 g/mol. The van der Waals surface area contributed by atoms with Crippen molar-refractivity contribution in [1.29, 1.82) is 0 Å². The molecule has 0 radical (unpaired) electrons. The number of pyridine rings is 1. The van der Waals surface area contributed by atoms with Gasteiger partial charge in [-0.3, -0.25) is 9.78 Å². The van der Waals surface area contributed by atoms with Crippen LogP contribution in [0.4, 0.5) is 0 Å². The highest BCUT2D eigenvalue weighted by Crippen LogP contribution is 2.27. The lowest BCUT2D eigenvalue weighted by molar-refractivity contribution is 0.0951. The van der Waals surface area contributed by atoms with Crippen LogP contribution in [0.3, 0.4) is 0 Å². The Kier molecular flexibility index (Phi) is 3.61. The molecule has 120 valence electrons. The third-order valence-electron chi connectivity index (χ3n) is 4.12. The van der Waals surface area contributed by atoms with Crippen LogP contribution < -0.4 is 5.32 Å². The number of aromatic nitrogens is 3. The number of carbonyl (C=O) groups excluding carboxylic acids is 1. The minimum absolute atomic E-state index is 0.0334. The minimum atomic E-state index is -0.0334. The Bertz CT molecular complexity index is 882. The van der Waals surface area contributed by atoms with Crippen LogP contribution in [0, 0.1) is 6.92 Å². The molecule has 5 nitrogen and oxygen atoms in total. The largest absolute Gasteiger partial charge is 0.349 e. The molecule has 0 aliphatic heterocycles. The predicted octanol–water partition coefficient (Wildman–Crippen LogP) is 3.13. The smallest absolute Gasteiger partial charge is 0.251 e. The molecule has 1 aliphatic rings. The van der Waals surface area contributed by atoms with Crippen LogP contribution in [0.25, 0.3) is 16.9 Å². The van der Waals surface area contributed by atoms with Gasteiger partial charge < -0.3 is 5.32 Å². The average Bonchev–Trinajstić information content (AvgIpc) is 3.24. The molecule has 0 bridgehead atoms. The van der Waals surface area contributed by atoms with E-state index in [2.05, 4.69) is 21.5 Å². The summed E-state index contributed by atoms with van der Waals surface area (Å²) >= 11 is 0. The number of nitrogens with one attached hydrogen (secondary N) is 1. The quantitative estimate of drug-likeness (QED) is 0.804. The normalized spacial score (nSPS) is 13.7. The average molecular weight is 318 g/mol. The second kappa shape index (κ2) is 5.92. The van der Waals surface area contributed by atoms with Gasteiger partial charge in [-0.25, -0.2) is 4.68 Å². The van der Waals surface area contributed by atoms with E-state index in [9.17, 15) is 4.79 Å². The summed E-state index contributed by atoms with van der Waals surface area (Å²) in [6.07, 6.45) is 7.49. The van der Waals surface area contributed by atoms with Crippen molar-refractivity contribution in [1.82, 2.24) is 20.1 Å².